The lowest BCUT2D eigenvalue weighted by Gasteiger charge is -2.28. The average Bonchev–Trinajstić information content (AvgIpc) is 2.77. The Labute approximate surface area is 173 Å². The number of nitrogens with one attached hydrogen (secondary N) is 2. The van der Waals surface area contributed by atoms with E-state index >= 15 is 0 Å². The molecule has 0 amide bonds. The number of rotatable bonds is 8. The van der Waals surface area contributed by atoms with Crippen molar-refractivity contribution in [3.63, 3.8) is 0 Å². The first-order valence-electron chi connectivity index (χ1n) is 10.2. The zero-order valence-electron chi connectivity index (χ0n) is 17.7. The summed E-state index contributed by atoms with van der Waals surface area (Å²) in [5.74, 6) is 2.35. The maximum atomic E-state index is 5.37. The van der Waals surface area contributed by atoms with Gasteiger partial charge in [-0.05, 0) is 41.7 Å². The second-order valence-corrected chi connectivity index (χ2v) is 7.16. The molecule has 0 radical (unpaired) electrons. The molecule has 29 heavy (non-hydrogen) atoms. The van der Waals surface area contributed by atoms with E-state index in [1.807, 2.05) is 19.2 Å². The molecule has 156 valence electrons. The van der Waals surface area contributed by atoms with Gasteiger partial charge in [0.1, 0.15) is 0 Å². The molecule has 0 unspecified atom stereocenters. The molecule has 0 aromatic heterocycles. The number of fused-ring (bicyclic) bond motifs is 1. The van der Waals surface area contributed by atoms with Gasteiger partial charge < -0.3 is 20.1 Å². The van der Waals surface area contributed by atoms with Gasteiger partial charge in [-0.25, -0.2) is 0 Å². The summed E-state index contributed by atoms with van der Waals surface area (Å²) in [4.78, 5) is 6.82. The number of hydrogen-bond donors (Lipinski definition) is 2. The number of aliphatic imine (C=N–C) groups is 1. The summed E-state index contributed by atoms with van der Waals surface area (Å²) in [6, 6.07) is 14.8. The summed E-state index contributed by atoms with van der Waals surface area (Å²) in [7, 11) is 5.12. The highest BCUT2D eigenvalue weighted by Crippen LogP contribution is 2.27. The fraction of sp³-hybridized carbons (Fsp3) is 0.435. The lowest BCUT2D eigenvalue weighted by molar-refractivity contribution is 0.258. The van der Waals surface area contributed by atoms with Gasteiger partial charge >= 0.3 is 0 Å². The zero-order valence-corrected chi connectivity index (χ0v) is 17.7. The molecule has 6 heteroatoms. The molecule has 1 heterocycles. The zero-order chi connectivity index (χ0) is 20.5. The molecule has 0 fully saturated rings. The van der Waals surface area contributed by atoms with Gasteiger partial charge in [0.15, 0.2) is 17.5 Å². The van der Waals surface area contributed by atoms with Gasteiger partial charge in [-0.1, -0.05) is 30.3 Å². The molecule has 2 N–H and O–H groups in total. The van der Waals surface area contributed by atoms with E-state index < -0.39 is 0 Å². The number of nitrogens with zero attached hydrogens (tertiary/aromatic N) is 2. The number of guanidine groups is 1. The highest BCUT2D eigenvalue weighted by molar-refractivity contribution is 5.79. The van der Waals surface area contributed by atoms with Crippen molar-refractivity contribution in [1.29, 1.82) is 0 Å². The molecule has 0 aliphatic carbocycles. The fourth-order valence-corrected chi connectivity index (χ4v) is 3.66. The summed E-state index contributed by atoms with van der Waals surface area (Å²) in [5, 5.41) is 6.81. The van der Waals surface area contributed by atoms with Crippen LogP contribution in [0, 0.1) is 0 Å². The fourth-order valence-electron chi connectivity index (χ4n) is 3.66. The molecule has 0 atom stereocenters. The third kappa shape index (κ3) is 5.87. The molecular formula is C23H32N4O2. The minimum atomic E-state index is 0.752. The minimum absolute atomic E-state index is 0.752. The predicted molar refractivity (Wildman–Crippen MR) is 118 cm³/mol. The average molecular weight is 397 g/mol. The van der Waals surface area contributed by atoms with Crippen molar-refractivity contribution in [1.82, 2.24) is 15.5 Å². The second-order valence-electron chi connectivity index (χ2n) is 7.16. The van der Waals surface area contributed by atoms with E-state index in [0.717, 1.165) is 63.0 Å². The van der Waals surface area contributed by atoms with Crippen molar-refractivity contribution in [2.75, 3.05) is 47.4 Å². The maximum absolute atomic E-state index is 5.37. The van der Waals surface area contributed by atoms with Crippen LogP contribution in [0.2, 0.25) is 0 Å². The second kappa shape index (κ2) is 10.7. The molecule has 1 aliphatic rings. The van der Waals surface area contributed by atoms with Crippen LogP contribution >= 0.6 is 0 Å². The van der Waals surface area contributed by atoms with E-state index in [0.29, 0.717) is 0 Å². The molecular weight excluding hydrogens is 364 g/mol. The van der Waals surface area contributed by atoms with Crippen LogP contribution in [0.15, 0.2) is 47.5 Å². The highest BCUT2D eigenvalue weighted by atomic mass is 16.5. The summed E-state index contributed by atoms with van der Waals surface area (Å²) >= 11 is 0. The molecule has 1 aliphatic heterocycles. The standard InChI is InChI=1S/C23H32N4O2/c1-24-23(25-12-10-18-8-9-21(28-2)22(16-18)29-3)26-13-15-27-14-11-19-6-4-5-7-20(19)17-27/h4-9,16H,10-15,17H2,1-3H3,(H2,24,25,26). The predicted octanol–water partition coefficient (Wildman–Crippen LogP) is 2.47. The van der Waals surface area contributed by atoms with Gasteiger partial charge in [0.05, 0.1) is 14.2 Å². The molecule has 3 rings (SSSR count). The number of ether oxygens (including phenoxy) is 2. The topological polar surface area (TPSA) is 58.1 Å². The van der Waals surface area contributed by atoms with Gasteiger partial charge in [-0.15, -0.1) is 0 Å². The number of hydrogen-bond acceptors (Lipinski definition) is 4. The van der Waals surface area contributed by atoms with Crippen molar-refractivity contribution in [3.05, 3.63) is 59.2 Å². The Hall–Kier alpha value is -2.73. The van der Waals surface area contributed by atoms with E-state index in [1.54, 1.807) is 14.2 Å². The Morgan fingerprint density at radius 2 is 1.76 bits per heavy atom. The van der Waals surface area contributed by atoms with Crippen LogP contribution in [0.25, 0.3) is 0 Å². The van der Waals surface area contributed by atoms with Crippen molar-refractivity contribution >= 4 is 5.96 Å². The van der Waals surface area contributed by atoms with E-state index in [9.17, 15) is 0 Å². The molecule has 0 saturated carbocycles. The van der Waals surface area contributed by atoms with Gasteiger partial charge in [0, 0.05) is 39.8 Å². The van der Waals surface area contributed by atoms with Crippen LogP contribution in [0.1, 0.15) is 16.7 Å². The van der Waals surface area contributed by atoms with Gasteiger partial charge in [-0.2, -0.15) is 0 Å². The van der Waals surface area contributed by atoms with Gasteiger partial charge in [0.2, 0.25) is 0 Å². The lowest BCUT2D eigenvalue weighted by Crippen LogP contribution is -2.43. The first-order chi connectivity index (χ1) is 14.2. The van der Waals surface area contributed by atoms with Crippen LogP contribution in [0.3, 0.4) is 0 Å². The molecule has 2 aromatic rings. The SMILES string of the molecule is CN=C(NCCc1ccc(OC)c(OC)c1)NCCN1CCc2ccccc2C1. The summed E-state index contributed by atoms with van der Waals surface area (Å²) in [6.45, 7) is 4.82. The molecule has 0 saturated heterocycles. The van der Waals surface area contributed by atoms with E-state index in [4.69, 9.17) is 9.47 Å². The van der Waals surface area contributed by atoms with E-state index in [2.05, 4.69) is 50.9 Å². The third-order valence-electron chi connectivity index (χ3n) is 5.31. The van der Waals surface area contributed by atoms with Crippen LogP contribution in [-0.4, -0.2) is 58.3 Å². The summed E-state index contributed by atoms with van der Waals surface area (Å²) in [5.41, 5.74) is 4.14. The quantitative estimate of drug-likeness (QED) is 0.530. The van der Waals surface area contributed by atoms with Gasteiger partial charge in [-0.3, -0.25) is 9.89 Å². The van der Waals surface area contributed by atoms with Crippen LogP contribution in [-0.2, 0) is 19.4 Å². The maximum Gasteiger partial charge on any atom is 0.191 e. The highest BCUT2D eigenvalue weighted by Gasteiger charge is 2.15. The Morgan fingerprint density at radius 3 is 2.52 bits per heavy atom. The van der Waals surface area contributed by atoms with Crippen molar-refractivity contribution < 1.29 is 9.47 Å². The van der Waals surface area contributed by atoms with Crippen LogP contribution < -0.4 is 20.1 Å². The van der Waals surface area contributed by atoms with Crippen LogP contribution in [0.4, 0.5) is 0 Å². The Kier molecular flexibility index (Phi) is 7.76. The molecule has 2 aromatic carbocycles. The molecule has 6 nitrogen and oxygen atoms in total. The van der Waals surface area contributed by atoms with Crippen molar-refractivity contribution in [2.24, 2.45) is 4.99 Å². The van der Waals surface area contributed by atoms with Crippen LogP contribution in [0.5, 0.6) is 11.5 Å². The number of methoxy groups -OCH3 is 2. The largest absolute Gasteiger partial charge is 0.493 e. The lowest BCUT2D eigenvalue weighted by atomic mass is 10.00. The first-order valence-corrected chi connectivity index (χ1v) is 10.2. The van der Waals surface area contributed by atoms with Crippen molar-refractivity contribution in [3.8, 4) is 11.5 Å². The number of benzene rings is 2. The summed E-state index contributed by atoms with van der Waals surface area (Å²) in [6.07, 6.45) is 2.01. The summed E-state index contributed by atoms with van der Waals surface area (Å²) < 4.78 is 10.7. The van der Waals surface area contributed by atoms with Crippen molar-refractivity contribution in [2.45, 2.75) is 19.4 Å². The first kappa shape index (κ1) is 21.0. The Balaban J connectivity index is 1.39. The monoisotopic (exact) mass is 396 g/mol. The van der Waals surface area contributed by atoms with Gasteiger partial charge in [0.25, 0.3) is 0 Å². The molecule has 0 bridgehead atoms. The van der Waals surface area contributed by atoms with E-state index in [1.165, 1.54) is 16.7 Å². The molecule has 0 spiro atoms. The third-order valence-corrected chi connectivity index (χ3v) is 5.31. The Morgan fingerprint density at radius 1 is 1.00 bits per heavy atom. The minimum Gasteiger partial charge on any atom is -0.493 e. The smallest absolute Gasteiger partial charge is 0.191 e. The van der Waals surface area contributed by atoms with E-state index in [-0.39, 0.29) is 0 Å². The Bertz CT molecular complexity index is 822. The normalized spacial score (nSPS) is 14.2.